The monoisotopic (exact) mass is 269 g/mol. The standard InChI is InChI=1S/C17H19NO2/c1-11-10-12(4-3-9-19)7-8-15(11)18-17(20)16-13-5-2-6-14(13)16/h7-8,10,13-14,16,19H,2,5-6,9H2,1H3,(H,18,20). The lowest BCUT2D eigenvalue weighted by molar-refractivity contribution is -0.118. The number of amides is 1. The summed E-state index contributed by atoms with van der Waals surface area (Å²) in [4.78, 5) is 12.2. The number of fused-ring (bicyclic) bond motifs is 1. The van der Waals surface area contributed by atoms with Crippen LogP contribution in [0.5, 0.6) is 0 Å². The van der Waals surface area contributed by atoms with Gasteiger partial charge in [0.2, 0.25) is 5.91 Å². The van der Waals surface area contributed by atoms with Crippen LogP contribution in [0.3, 0.4) is 0 Å². The lowest BCUT2D eigenvalue weighted by Crippen LogP contribution is -2.17. The van der Waals surface area contributed by atoms with Crippen LogP contribution in [-0.4, -0.2) is 17.6 Å². The van der Waals surface area contributed by atoms with Gasteiger partial charge in [-0.2, -0.15) is 0 Å². The zero-order valence-electron chi connectivity index (χ0n) is 11.6. The number of aliphatic hydroxyl groups excluding tert-OH is 1. The maximum absolute atomic E-state index is 12.2. The highest BCUT2D eigenvalue weighted by molar-refractivity contribution is 5.95. The summed E-state index contributed by atoms with van der Waals surface area (Å²) >= 11 is 0. The SMILES string of the molecule is Cc1cc(C#CCO)ccc1NC(=O)C1C2CCCC21. The number of aliphatic hydroxyl groups is 1. The number of hydrogen-bond acceptors (Lipinski definition) is 2. The second-order valence-electron chi connectivity index (χ2n) is 5.76. The second kappa shape index (κ2) is 5.30. The quantitative estimate of drug-likeness (QED) is 0.810. The van der Waals surface area contributed by atoms with Gasteiger partial charge in [0.1, 0.15) is 6.61 Å². The van der Waals surface area contributed by atoms with Crippen LogP contribution in [0, 0.1) is 36.5 Å². The predicted octanol–water partition coefficient (Wildman–Crippen LogP) is 2.32. The maximum Gasteiger partial charge on any atom is 0.228 e. The molecule has 1 amide bonds. The first-order chi connectivity index (χ1) is 9.70. The van der Waals surface area contributed by atoms with Crippen LogP contribution in [0.15, 0.2) is 18.2 Å². The maximum atomic E-state index is 12.2. The fourth-order valence-electron chi connectivity index (χ4n) is 3.45. The number of aryl methyl sites for hydroxylation is 1. The summed E-state index contributed by atoms with van der Waals surface area (Å²) in [5.41, 5.74) is 2.74. The number of hydrogen-bond donors (Lipinski definition) is 2. The van der Waals surface area contributed by atoms with Gasteiger partial charge in [0.25, 0.3) is 0 Å². The minimum Gasteiger partial charge on any atom is -0.384 e. The Balaban J connectivity index is 1.67. The number of rotatable bonds is 2. The third-order valence-corrected chi connectivity index (χ3v) is 4.51. The molecule has 20 heavy (non-hydrogen) atoms. The van der Waals surface area contributed by atoms with E-state index in [1.807, 2.05) is 25.1 Å². The third kappa shape index (κ3) is 2.44. The lowest BCUT2D eigenvalue weighted by atomic mass is 10.1. The average molecular weight is 269 g/mol. The molecule has 2 atom stereocenters. The van der Waals surface area contributed by atoms with E-state index in [0.29, 0.717) is 11.8 Å². The Morgan fingerprint density at radius 2 is 2.15 bits per heavy atom. The van der Waals surface area contributed by atoms with Crippen LogP contribution in [-0.2, 0) is 4.79 Å². The van der Waals surface area contributed by atoms with E-state index >= 15 is 0 Å². The van der Waals surface area contributed by atoms with E-state index in [4.69, 9.17) is 5.11 Å². The number of benzene rings is 1. The van der Waals surface area contributed by atoms with Gasteiger partial charge in [0, 0.05) is 17.2 Å². The highest BCUT2D eigenvalue weighted by Gasteiger charge is 2.56. The van der Waals surface area contributed by atoms with Gasteiger partial charge in [-0.15, -0.1) is 0 Å². The van der Waals surface area contributed by atoms with Crippen molar-refractivity contribution in [3.63, 3.8) is 0 Å². The normalized spacial score (nSPS) is 26.4. The molecule has 0 bridgehead atoms. The summed E-state index contributed by atoms with van der Waals surface area (Å²) in [5, 5.41) is 11.7. The van der Waals surface area contributed by atoms with Gasteiger partial charge in [0.15, 0.2) is 0 Å². The number of carbonyl (C=O) groups excluding carboxylic acids is 1. The van der Waals surface area contributed by atoms with Crippen molar-refractivity contribution in [2.24, 2.45) is 17.8 Å². The molecule has 2 aliphatic rings. The summed E-state index contributed by atoms with van der Waals surface area (Å²) in [5.74, 6) is 7.21. The molecule has 3 rings (SSSR count). The first kappa shape index (κ1) is 13.2. The summed E-state index contributed by atoms with van der Waals surface area (Å²) < 4.78 is 0. The predicted molar refractivity (Wildman–Crippen MR) is 78.1 cm³/mol. The van der Waals surface area contributed by atoms with E-state index in [-0.39, 0.29) is 18.4 Å². The molecule has 0 aliphatic heterocycles. The fraction of sp³-hybridized carbons (Fsp3) is 0.471. The average Bonchev–Trinajstić information content (AvgIpc) is 2.93. The molecular weight excluding hydrogens is 250 g/mol. The molecule has 0 heterocycles. The largest absolute Gasteiger partial charge is 0.384 e. The molecule has 2 aliphatic carbocycles. The zero-order valence-corrected chi connectivity index (χ0v) is 11.6. The van der Waals surface area contributed by atoms with Crippen molar-refractivity contribution < 1.29 is 9.90 Å². The first-order valence-corrected chi connectivity index (χ1v) is 7.22. The van der Waals surface area contributed by atoms with Crippen molar-refractivity contribution >= 4 is 11.6 Å². The van der Waals surface area contributed by atoms with Gasteiger partial charge < -0.3 is 10.4 Å². The minimum atomic E-state index is -0.137. The van der Waals surface area contributed by atoms with Gasteiger partial charge >= 0.3 is 0 Å². The van der Waals surface area contributed by atoms with Crippen molar-refractivity contribution in [2.75, 3.05) is 11.9 Å². The number of anilines is 1. The Labute approximate surface area is 119 Å². The summed E-state index contributed by atoms with van der Waals surface area (Å²) in [7, 11) is 0. The second-order valence-corrected chi connectivity index (χ2v) is 5.76. The van der Waals surface area contributed by atoms with Crippen LogP contribution in [0.4, 0.5) is 5.69 Å². The van der Waals surface area contributed by atoms with E-state index in [2.05, 4.69) is 17.2 Å². The molecule has 3 nitrogen and oxygen atoms in total. The lowest BCUT2D eigenvalue weighted by Gasteiger charge is -2.09. The van der Waals surface area contributed by atoms with Crippen molar-refractivity contribution in [3.8, 4) is 11.8 Å². The van der Waals surface area contributed by atoms with Crippen LogP contribution >= 0.6 is 0 Å². The van der Waals surface area contributed by atoms with Gasteiger partial charge in [0.05, 0.1) is 0 Å². The highest BCUT2D eigenvalue weighted by Crippen LogP contribution is 2.57. The third-order valence-electron chi connectivity index (χ3n) is 4.51. The molecule has 3 heteroatoms. The summed E-state index contributed by atoms with van der Waals surface area (Å²) in [6.07, 6.45) is 3.73. The Kier molecular flexibility index (Phi) is 3.50. The van der Waals surface area contributed by atoms with E-state index in [9.17, 15) is 4.79 Å². The molecule has 0 spiro atoms. The fourth-order valence-corrected chi connectivity index (χ4v) is 3.45. The molecule has 1 aromatic carbocycles. The summed E-state index contributed by atoms with van der Waals surface area (Å²) in [6.45, 7) is 1.83. The Hall–Kier alpha value is -1.79. The van der Waals surface area contributed by atoms with Crippen LogP contribution < -0.4 is 5.32 Å². The van der Waals surface area contributed by atoms with Crippen LogP contribution in [0.25, 0.3) is 0 Å². The van der Waals surface area contributed by atoms with Crippen molar-refractivity contribution in [2.45, 2.75) is 26.2 Å². The van der Waals surface area contributed by atoms with Gasteiger partial charge in [-0.3, -0.25) is 4.79 Å². The van der Waals surface area contributed by atoms with Gasteiger partial charge in [-0.05, 0) is 55.4 Å². The van der Waals surface area contributed by atoms with Crippen molar-refractivity contribution in [1.29, 1.82) is 0 Å². The van der Waals surface area contributed by atoms with Crippen molar-refractivity contribution in [3.05, 3.63) is 29.3 Å². The molecule has 0 aromatic heterocycles. The van der Waals surface area contributed by atoms with E-state index in [1.54, 1.807) is 0 Å². The van der Waals surface area contributed by atoms with Gasteiger partial charge in [-0.25, -0.2) is 0 Å². The molecular formula is C17H19NO2. The van der Waals surface area contributed by atoms with E-state index in [1.165, 1.54) is 19.3 Å². The van der Waals surface area contributed by atoms with Crippen LogP contribution in [0.2, 0.25) is 0 Å². The molecule has 2 N–H and O–H groups in total. The van der Waals surface area contributed by atoms with E-state index in [0.717, 1.165) is 16.8 Å². The van der Waals surface area contributed by atoms with E-state index < -0.39 is 0 Å². The Morgan fingerprint density at radius 1 is 1.40 bits per heavy atom. The molecule has 2 saturated carbocycles. The molecule has 1 aromatic rings. The first-order valence-electron chi connectivity index (χ1n) is 7.22. The minimum absolute atomic E-state index is 0.137. The highest BCUT2D eigenvalue weighted by atomic mass is 16.2. The smallest absolute Gasteiger partial charge is 0.228 e. The van der Waals surface area contributed by atoms with Gasteiger partial charge in [-0.1, -0.05) is 18.3 Å². The topological polar surface area (TPSA) is 49.3 Å². The summed E-state index contributed by atoms with van der Waals surface area (Å²) in [6, 6.07) is 5.71. The molecule has 0 radical (unpaired) electrons. The van der Waals surface area contributed by atoms with Crippen molar-refractivity contribution in [1.82, 2.24) is 0 Å². The Morgan fingerprint density at radius 3 is 2.80 bits per heavy atom. The molecule has 2 fully saturated rings. The molecule has 0 saturated heterocycles. The molecule has 2 unspecified atom stereocenters. The zero-order chi connectivity index (χ0) is 14.1. The Bertz CT molecular complexity index is 587. The number of carbonyl (C=O) groups is 1. The van der Waals surface area contributed by atoms with Crippen LogP contribution in [0.1, 0.15) is 30.4 Å². The number of nitrogens with one attached hydrogen (secondary N) is 1. The molecule has 104 valence electrons.